The number of hydrogen-bond acceptors (Lipinski definition) is 3. The van der Waals surface area contributed by atoms with Crippen molar-refractivity contribution in [1.29, 1.82) is 0 Å². The molecule has 1 rings (SSSR count). The van der Waals surface area contributed by atoms with Gasteiger partial charge < -0.3 is 17.2 Å². The second-order valence-electron chi connectivity index (χ2n) is 2.62. The highest BCUT2D eigenvalue weighted by Crippen LogP contribution is 2.10. The fourth-order valence-corrected chi connectivity index (χ4v) is 1.08. The number of hydrazine groups is 2. The molecule has 6 amide bonds. The molecule has 0 saturated heterocycles. The summed E-state index contributed by atoms with van der Waals surface area (Å²) in [4.78, 5) is 32.8. The number of hydrogen-bond donors (Lipinski definition) is 3. The van der Waals surface area contributed by atoms with Crippen LogP contribution in [0.5, 0.6) is 0 Å². The van der Waals surface area contributed by atoms with Crippen molar-refractivity contribution in [3.05, 3.63) is 12.3 Å². The van der Waals surface area contributed by atoms with E-state index in [0.29, 0.717) is 10.1 Å². The van der Waals surface area contributed by atoms with Crippen molar-refractivity contribution in [3.63, 3.8) is 0 Å². The van der Waals surface area contributed by atoms with Gasteiger partial charge in [-0.3, -0.25) is 0 Å². The second-order valence-corrected chi connectivity index (χ2v) is 2.62. The number of carbonyl (C=O) groups excluding carboxylic acids is 3. The van der Waals surface area contributed by atoms with E-state index in [4.69, 9.17) is 17.2 Å². The molecule has 0 aliphatic carbocycles. The Bertz CT molecular complexity index is 340. The van der Waals surface area contributed by atoms with Crippen LogP contribution in [0.1, 0.15) is 0 Å². The minimum Gasteiger partial charge on any atom is -0.350 e. The first-order valence-corrected chi connectivity index (χ1v) is 3.87. The monoisotopic (exact) mass is 214 g/mol. The molecule has 1 aliphatic rings. The lowest BCUT2D eigenvalue weighted by Gasteiger charge is -2.38. The number of nitrogens with two attached hydrogens (primary N) is 3. The number of amides is 6. The van der Waals surface area contributed by atoms with E-state index in [2.05, 4.69) is 0 Å². The highest BCUT2D eigenvalue weighted by atomic mass is 16.2. The van der Waals surface area contributed by atoms with Crippen molar-refractivity contribution in [3.8, 4) is 0 Å². The van der Waals surface area contributed by atoms with Crippen LogP contribution in [-0.4, -0.2) is 39.8 Å². The lowest BCUT2D eigenvalue weighted by Crippen LogP contribution is -2.63. The molecule has 0 spiro atoms. The normalized spacial score (nSPS) is 15.3. The summed E-state index contributed by atoms with van der Waals surface area (Å²) in [5, 5.41) is 2.01. The molecular formula is C6H10N6O3. The topological polar surface area (TPSA) is 139 Å². The van der Waals surface area contributed by atoms with Crippen molar-refractivity contribution >= 4 is 18.1 Å². The largest absolute Gasteiger partial charge is 0.354 e. The smallest absolute Gasteiger partial charge is 0.350 e. The van der Waals surface area contributed by atoms with Gasteiger partial charge in [0.25, 0.3) is 0 Å². The maximum Gasteiger partial charge on any atom is 0.354 e. The Morgan fingerprint density at radius 2 is 1.60 bits per heavy atom. The maximum absolute atomic E-state index is 11.0. The highest BCUT2D eigenvalue weighted by molar-refractivity contribution is 5.82. The third-order valence-electron chi connectivity index (χ3n) is 1.64. The van der Waals surface area contributed by atoms with Crippen molar-refractivity contribution in [2.24, 2.45) is 17.2 Å². The zero-order valence-electron chi connectivity index (χ0n) is 7.66. The Balaban J connectivity index is 3.04. The van der Waals surface area contributed by atoms with Crippen LogP contribution in [-0.2, 0) is 0 Å². The summed E-state index contributed by atoms with van der Waals surface area (Å²) in [5.41, 5.74) is 14.9. The average Bonchev–Trinajstić information content (AvgIpc) is 2.16. The molecule has 9 nitrogen and oxygen atoms in total. The van der Waals surface area contributed by atoms with Gasteiger partial charge >= 0.3 is 18.1 Å². The van der Waals surface area contributed by atoms with Crippen LogP contribution in [0.15, 0.2) is 12.3 Å². The number of primary amides is 3. The minimum absolute atomic E-state index is 0.0298. The van der Waals surface area contributed by atoms with Gasteiger partial charge in [-0.2, -0.15) is 5.01 Å². The quantitative estimate of drug-likeness (QED) is 0.451. The fourth-order valence-electron chi connectivity index (χ4n) is 1.08. The summed E-state index contributed by atoms with van der Waals surface area (Å²) in [5.74, 6) is 0. The average molecular weight is 214 g/mol. The fraction of sp³-hybridized carbons (Fsp3) is 0.167. The predicted octanol–water partition coefficient (Wildman–Crippen LogP) is -1.51. The molecule has 82 valence electrons. The molecule has 1 aliphatic heterocycles. The molecule has 1 heterocycles. The van der Waals surface area contributed by atoms with E-state index in [1.165, 1.54) is 12.3 Å². The third-order valence-corrected chi connectivity index (χ3v) is 1.64. The zero-order valence-corrected chi connectivity index (χ0v) is 7.66. The summed E-state index contributed by atoms with van der Waals surface area (Å²) < 4.78 is 0. The van der Waals surface area contributed by atoms with Gasteiger partial charge in [-0.1, -0.05) is 0 Å². The summed E-state index contributed by atoms with van der Waals surface area (Å²) in [6.07, 6.45) is 2.64. The van der Waals surface area contributed by atoms with E-state index < -0.39 is 18.1 Å². The van der Waals surface area contributed by atoms with Crippen LogP contribution in [0, 0.1) is 0 Å². The Kier molecular flexibility index (Phi) is 2.65. The van der Waals surface area contributed by atoms with Crippen LogP contribution in [0.25, 0.3) is 0 Å². The molecule has 0 radical (unpaired) electrons. The molecule has 0 aromatic heterocycles. The summed E-state index contributed by atoms with van der Waals surface area (Å²) >= 11 is 0. The van der Waals surface area contributed by atoms with Crippen LogP contribution in [0.4, 0.5) is 14.4 Å². The molecule has 0 unspecified atom stereocenters. The first kappa shape index (κ1) is 10.6. The number of urea groups is 3. The third kappa shape index (κ3) is 1.90. The summed E-state index contributed by atoms with van der Waals surface area (Å²) in [6, 6.07) is -2.93. The summed E-state index contributed by atoms with van der Waals surface area (Å²) in [7, 11) is 0. The number of carbonyl (C=O) groups is 3. The van der Waals surface area contributed by atoms with E-state index in [1.807, 2.05) is 0 Å². The molecular weight excluding hydrogens is 204 g/mol. The molecule has 0 fully saturated rings. The first-order chi connectivity index (χ1) is 6.95. The van der Waals surface area contributed by atoms with E-state index in [1.54, 1.807) is 0 Å². The van der Waals surface area contributed by atoms with Gasteiger partial charge in [0, 0.05) is 6.20 Å². The van der Waals surface area contributed by atoms with Gasteiger partial charge in [0.1, 0.15) is 0 Å². The van der Waals surface area contributed by atoms with Crippen molar-refractivity contribution < 1.29 is 14.4 Å². The lowest BCUT2D eigenvalue weighted by atomic mass is 10.5. The molecule has 0 saturated carbocycles. The van der Waals surface area contributed by atoms with Gasteiger partial charge in [0.2, 0.25) is 0 Å². The highest BCUT2D eigenvalue weighted by Gasteiger charge is 2.31. The lowest BCUT2D eigenvalue weighted by molar-refractivity contribution is -0.0560. The first-order valence-electron chi connectivity index (χ1n) is 3.87. The zero-order chi connectivity index (χ0) is 11.6. The van der Waals surface area contributed by atoms with Crippen LogP contribution in [0.2, 0.25) is 0 Å². The van der Waals surface area contributed by atoms with Crippen LogP contribution >= 0.6 is 0 Å². The Labute approximate surface area is 84.6 Å². The molecule has 6 N–H and O–H groups in total. The van der Waals surface area contributed by atoms with Crippen LogP contribution < -0.4 is 17.2 Å². The van der Waals surface area contributed by atoms with E-state index >= 15 is 0 Å². The van der Waals surface area contributed by atoms with E-state index in [-0.39, 0.29) is 6.54 Å². The maximum atomic E-state index is 11.0. The molecule has 0 bridgehead atoms. The molecule has 0 aromatic rings. The van der Waals surface area contributed by atoms with Crippen molar-refractivity contribution in [1.82, 2.24) is 15.1 Å². The van der Waals surface area contributed by atoms with E-state index in [9.17, 15) is 14.4 Å². The Hall–Kier alpha value is -2.45. The minimum atomic E-state index is -1.04. The number of rotatable bonds is 0. The second kappa shape index (κ2) is 3.74. The van der Waals surface area contributed by atoms with Crippen molar-refractivity contribution in [2.45, 2.75) is 0 Å². The standard InChI is InChI=1S/C6H10N6O3/c7-4(13)10-2-1-3-11(5(8)14)12(10)6(9)15/h1-2H,3H2,(H2,7,13)(H2,8,14)(H2,9,15). The molecule has 0 aromatic carbocycles. The molecule has 15 heavy (non-hydrogen) atoms. The van der Waals surface area contributed by atoms with Gasteiger partial charge in [0.15, 0.2) is 0 Å². The van der Waals surface area contributed by atoms with Crippen molar-refractivity contribution in [2.75, 3.05) is 6.54 Å². The van der Waals surface area contributed by atoms with Gasteiger partial charge in [0.05, 0.1) is 6.54 Å². The van der Waals surface area contributed by atoms with E-state index in [0.717, 1.165) is 5.01 Å². The predicted molar refractivity (Wildman–Crippen MR) is 48.3 cm³/mol. The SMILES string of the molecule is NC(=O)N1C=CCN(C(N)=O)N1C(N)=O. The summed E-state index contributed by atoms with van der Waals surface area (Å²) in [6.45, 7) is 0.0298. The molecule has 9 heteroatoms. The van der Waals surface area contributed by atoms with Crippen LogP contribution in [0.3, 0.4) is 0 Å². The Morgan fingerprint density at radius 1 is 1.00 bits per heavy atom. The van der Waals surface area contributed by atoms with Gasteiger partial charge in [-0.05, 0) is 6.08 Å². The van der Waals surface area contributed by atoms with Gasteiger partial charge in [-0.25, -0.2) is 19.4 Å². The number of nitrogens with zero attached hydrogens (tertiary/aromatic N) is 3. The Morgan fingerprint density at radius 3 is 2.00 bits per heavy atom. The molecule has 0 atom stereocenters. The van der Waals surface area contributed by atoms with Gasteiger partial charge in [-0.15, -0.1) is 5.12 Å².